The van der Waals surface area contributed by atoms with E-state index in [0.29, 0.717) is 55.9 Å². The smallest absolute Gasteiger partial charge is 0.415 e. The minimum absolute atomic E-state index is 0.0716. The Morgan fingerprint density at radius 2 is 1.63 bits per heavy atom. The van der Waals surface area contributed by atoms with Crippen molar-refractivity contribution in [3.8, 4) is 5.75 Å². The molecule has 1 aliphatic heterocycles. The van der Waals surface area contributed by atoms with Gasteiger partial charge in [0.05, 0.1) is 6.20 Å². The van der Waals surface area contributed by atoms with Gasteiger partial charge in [0, 0.05) is 45.1 Å². The van der Waals surface area contributed by atoms with Crippen LogP contribution in [-0.2, 0) is 20.7 Å². The molecular weight excluding hydrogens is 548 g/mol. The molecule has 0 aliphatic carbocycles. The van der Waals surface area contributed by atoms with Gasteiger partial charge in [-0.25, -0.2) is 14.6 Å². The number of esters is 1. The van der Waals surface area contributed by atoms with E-state index in [9.17, 15) is 14.4 Å². The van der Waals surface area contributed by atoms with Crippen LogP contribution < -0.4 is 19.9 Å². The topological polar surface area (TPSA) is 117 Å². The van der Waals surface area contributed by atoms with E-state index in [2.05, 4.69) is 10.3 Å². The number of carbonyl (C=O) groups excluding carboxylic acids is 3. The molecule has 0 unspecified atom stereocenters. The molecule has 1 N–H and O–H groups in total. The van der Waals surface area contributed by atoms with Crippen molar-refractivity contribution in [2.45, 2.75) is 86.3 Å². The van der Waals surface area contributed by atoms with Crippen molar-refractivity contribution >= 4 is 35.4 Å². The van der Waals surface area contributed by atoms with Gasteiger partial charge in [-0.3, -0.25) is 4.79 Å². The third-order valence-electron chi connectivity index (χ3n) is 7.10. The third-order valence-corrected chi connectivity index (χ3v) is 7.10. The predicted molar refractivity (Wildman–Crippen MR) is 169 cm³/mol. The number of hydrogen-bond donors (Lipinski definition) is 1. The first-order valence-electron chi connectivity index (χ1n) is 15.3. The van der Waals surface area contributed by atoms with Crippen LogP contribution in [-0.4, -0.2) is 77.2 Å². The van der Waals surface area contributed by atoms with E-state index in [4.69, 9.17) is 14.5 Å². The predicted octanol–water partition coefficient (Wildman–Crippen LogP) is 5.29. The van der Waals surface area contributed by atoms with E-state index in [1.807, 2.05) is 72.4 Å². The second kappa shape index (κ2) is 15.0. The molecule has 11 nitrogen and oxygen atoms in total. The molecule has 0 radical (unpaired) electrons. The van der Waals surface area contributed by atoms with Gasteiger partial charge in [-0.2, -0.15) is 4.98 Å². The molecule has 1 aromatic heterocycles. The van der Waals surface area contributed by atoms with Gasteiger partial charge in [0.2, 0.25) is 11.9 Å². The number of amides is 2. The van der Waals surface area contributed by atoms with Crippen LogP contribution in [0.15, 0.2) is 30.5 Å². The minimum Gasteiger partial charge on any atom is -0.458 e. The fourth-order valence-electron chi connectivity index (χ4n) is 4.81. The van der Waals surface area contributed by atoms with Crippen molar-refractivity contribution in [1.82, 2.24) is 14.9 Å². The van der Waals surface area contributed by atoms with Gasteiger partial charge >= 0.3 is 12.1 Å². The number of nitrogens with one attached hydrogen (secondary N) is 1. The number of aromatic nitrogens is 2. The number of anilines is 3. The van der Waals surface area contributed by atoms with Crippen LogP contribution in [0.25, 0.3) is 0 Å². The van der Waals surface area contributed by atoms with Crippen molar-refractivity contribution in [2.75, 3.05) is 47.8 Å². The second-order valence-electron chi connectivity index (χ2n) is 12.0. The molecule has 0 spiro atoms. The monoisotopic (exact) mass is 596 g/mol. The quantitative estimate of drug-likeness (QED) is 0.326. The lowest BCUT2D eigenvalue weighted by Crippen LogP contribution is -2.40. The number of carbonyl (C=O) groups is 3. The van der Waals surface area contributed by atoms with Crippen LogP contribution in [0.2, 0.25) is 0 Å². The molecule has 0 saturated carbocycles. The second-order valence-corrected chi connectivity index (χ2v) is 12.0. The van der Waals surface area contributed by atoms with Crippen molar-refractivity contribution < 1.29 is 23.9 Å². The zero-order chi connectivity index (χ0) is 31.7. The zero-order valence-corrected chi connectivity index (χ0v) is 27.0. The standard InChI is InChI=1S/C32H48N6O5/c1-9-36(10-2)30-33-21-26(38(11-3)28(39)22(4)5)27(35-30)34-25(29(40)43-32(6,7)8)20-23-14-16-24(17-15-23)42-31(41)37-18-12-13-19-37/h14-17,21-22,25H,9-13,18-20H2,1-8H3,(H,33,34,35)/t25-/m0/s1. The van der Waals surface area contributed by atoms with Gasteiger partial charge in [-0.1, -0.05) is 26.0 Å². The van der Waals surface area contributed by atoms with Crippen LogP contribution in [0, 0.1) is 5.92 Å². The maximum absolute atomic E-state index is 13.6. The van der Waals surface area contributed by atoms with E-state index in [0.717, 1.165) is 18.4 Å². The molecule has 1 fully saturated rings. The summed E-state index contributed by atoms with van der Waals surface area (Å²) in [6, 6.07) is 6.28. The number of likely N-dealkylation sites (tertiary alicyclic amines) is 1. The average molecular weight is 597 g/mol. The summed E-state index contributed by atoms with van der Waals surface area (Å²) < 4.78 is 11.3. The molecule has 2 amide bonds. The lowest BCUT2D eigenvalue weighted by Gasteiger charge is -2.29. The van der Waals surface area contributed by atoms with Crippen LogP contribution in [0.5, 0.6) is 5.75 Å². The number of hydrogen-bond acceptors (Lipinski definition) is 9. The molecule has 2 heterocycles. The Kier molecular flexibility index (Phi) is 11.7. The number of ether oxygens (including phenoxy) is 2. The van der Waals surface area contributed by atoms with Gasteiger partial charge in [0.25, 0.3) is 0 Å². The molecule has 236 valence electrons. The Balaban J connectivity index is 1.95. The zero-order valence-electron chi connectivity index (χ0n) is 27.0. The van der Waals surface area contributed by atoms with Gasteiger partial charge in [-0.05, 0) is 72.1 Å². The molecule has 11 heteroatoms. The summed E-state index contributed by atoms with van der Waals surface area (Å²) in [6.45, 7) is 18.3. The van der Waals surface area contributed by atoms with E-state index >= 15 is 0 Å². The highest BCUT2D eigenvalue weighted by Gasteiger charge is 2.29. The highest BCUT2D eigenvalue weighted by atomic mass is 16.6. The van der Waals surface area contributed by atoms with Crippen molar-refractivity contribution in [3.63, 3.8) is 0 Å². The SMILES string of the molecule is CCN(CC)c1ncc(N(CC)C(=O)C(C)C)c(N[C@@H](Cc2ccc(OC(=O)N3CCCC3)cc2)C(=O)OC(C)(C)C)n1. The van der Waals surface area contributed by atoms with Gasteiger partial charge in [-0.15, -0.1) is 0 Å². The summed E-state index contributed by atoms with van der Waals surface area (Å²) in [6.07, 6.45) is 3.53. The molecule has 3 rings (SSSR count). The molecule has 1 atom stereocenters. The van der Waals surface area contributed by atoms with Crippen molar-refractivity contribution in [1.29, 1.82) is 0 Å². The number of rotatable bonds is 12. The summed E-state index contributed by atoms with van der Waals surface area (Å²) in [5, 5.41) is 3.32. The van der Waals surface area contributed by atoms with Gasteiger partial charge in [0.15, 0.2) is 5.82 Å². The molecule has 0 bridgehead atoms. The Morgan fingerprint density at radius 3 is 2.16 bits per heavy atom. The Bertz CT molecular complexity index is 1230. The van der Waals surface area contributed by atoms with Crippen LogP contribution in [0.1, 0.15) is 73.8 Å². The van der Waals surface area contributed by atoms with Crippen LogP contribution in [0.3, 0.4) is 0 Å². The Hall–Kier alpha value is -3.89. The fraction of sp³-hybridized carbons (Fsp3) is 0.594. The van der Waals surface area contributed by atoms with Crippen molar-refractivity contribution in [3.05, 3.63) is 36.0 Å². The van der Waals surface area contributed by atoms with E-state index in [1.165, 1.54) is 0 Å². The van der Waals surface area contributed by atoms with Gasteiger partial charge in [0.1, 0.15) is 23.1 Å². The van der Waals surface area contributed by atoms with Crippen LogP contribution >= 0.6 is 0 Å². The van der Waals surface area contributed by atoms with Gasteiger partial charge < -0.3 is 29.5 Å². The number of nitrogens with zero attached hydrogens (tertiary/aromatic N) is 5. The highest BCUT2D eigenvalue weighted by molar-refractivity contribution is 5.97. The summed E-state index contributed by atoms with van der Waals surface area (Å²) >= 11 is 0. The Labute approximate surface area is 255 Å². The lowest BCUT2D eigenvalue weighted by atomic mass is 10.0. The first-order chi connectivity index (χ1) is 20.4. The van der Waals surface area contributed by atoms with Crippen molar-refractivity contribution in [2.24, 2.45) is 5.92 Å². The van der Waals surface area contributed by atoms with E-state index in [-0.39, 0.29) is 24.3 Å². The maximum atomic E-state index is 13.6. The highest BCUT2D eigenvalue weighted by Crippen LogP contribution is 2.29. The van der Waals surface area contributed by atoms with E-state index in [1.54, 1.807) is 28.1 Å². The summed E-state index contributed by atoms with van der Waals surface area (Å²) in [7, 11) is 0. The molecule has 2 aromatic rings. The first-order valence-corrected chi connectivity index (χ1v) is 15.3. The Morgan fingerprint density at radius 1 is 1.00 bits per heavy atom. The summed E-state index contributed by atoms with van der Waals surface area (Å²) in [5.74, 6) is 0.545. The molecular formula is C32H48N6O5. The third kappa shape index (κ3) is 9.30. The normalized spacial score (nSPS) is 13.9. The maximum Gasteiger partial charge on any atom is 0.415 e. The molecule has 1 aliphatic rings. The van der Waals surface area contributed by atoms with Crippen LogP contribution in [0.4, 0.5) is 22.2 Å². The average Bonchev–Trinajstić information content (AvgIpc) is 3.50. The minimum atomic E-state index is -0.830. The first kappa shape index (κ1) is 33.6. The fourth-order valence-corrected chi connectivity index (χ4v) is 4.81. The number of benzene rings is 1. The lowest BCUT2D eigenvalue weighted by molar-refractivity contribution is -0.155. The largest absolute Gasteiger partial charge is 0.458 e. The molecule has 1 aromatic carbocycles. The molecule has 43 heavy (non-hydrogen) atoms. The summed E-state index contributed by atoms with van der Waals surface area (Å²) in [4.78, 5) is 53.8. The molecule has 1 saturated heterocycles. The van der Waals surface area contributed by atoms with E-state index < -0.39 is 17.6 Å². The summed E-state index contributed by atoms with van der Waals surface area (Å²) in [5.41, 5.74) is 0.610.